The molecule has 1 N–H and O–H groups in total. The summed E-state index contributed by atoms with van der Waals surface area (Å²) in [4.78, 5) is 0. The molecule has 0 saturated heterocycles. The summed E-state index contributed by atoms with van der Waals surface area (Å²) in [5, 5.41) is 4.01. The molecule has 3 nitrogen and oxygen atoms in total. The standard InChI is InChI=1S/C8H10N2O/c1-2-8(11-5-1)6-9-10-7-3-4-7/h1-2,5-7,10H,3-4H2/b9-6+. The molecular weight excluding hydrogens is 140 g/mol. The monoisotopic (exact) mass is 150 g/mol. The molecule has 1 fully saturated rings. The first-order valence-corrected chi connectivity index (χ1v) is 3.77. The summed E-state index contributed by atoms with van der Waals surface area (Å²) in [5.74, 6) is 0.790. The van der Waals surface area contributed by atoms with Crippen LogP contribution in [-0.4, -0.2) is 12.3 Å². The minimum Gasteiger partial charge on any atom is -0.463 e. The van der Waals surface area contributed by atoms with Crippen LogP contribution in [0.5, 0.6) is 0 Å². The van der Waals surface area contributed by atoms with Crippen molar-refractivity contribution in [1.29, 1.82) is 0 Å². The molecule has 0 amide bonds. The van der Waals surface area contributed by atoms with Gasteiger partial charge in [0.1, 0.15) is 5.76 Å². The number of nitrogens with zero attached hydrogens (tertiary/aromatic N) is 1. The van der Waals surface area contributed by atoms with E-state index in [4.69, 9.17) is 4.42 Å². The van der Waals surface area contributed by atoms with Gasteiger partial charge in [0.15, 0.2) is 0 Å². The van der Waals surface area contributed by atoms with Crippen molar-refractivity contribution in [2.45, 2.75) is 18.9 Å². The van der Waals surface area contributed by atoms with Gasteiger partial charge in [-0.3, -0.25) is 0 Å². The molecule has 0 aliphatic heterocycles. The minimum atomic E-state index is 0.612. The summed E-state index contributed by atoms with van der Waals surface area (Å²) in [6, 6.07) is 4.33. The Morgan fingerprint density at radius 2 is 2.55 bits per heavy atom. The lowest BCUT2D eigenvalue weighted by Gasteiger charge is -1.90. The maximum absolute atomic E-state index is 5.05. The second-order valence-electron chi connectivity index (χ2n) is 2.68. The highest BCUT2D eigenvalue weighted by atomic mass is 16.3. The van der Waals surface area contributed by atoms with Crippen LogP contribution in [0.25, 0.3) is 0 Å². The average Bonchev–Trinajstić information content (AvgIpc) is 2.66. The number of rotatable bonds is 3. The van der Waals surface area contributed by atoms with Gasteiger partial charge in [-0.25, -0.2) is 0 Å². The lowest BCUT2D eigenvalue weighted by molar-refractivity contribution is 0.559. The molecule has 1 aromatic rings. The van der Waals surface area contributed by atoms with Crippen molar-refractivity contribution in [2.75, 3.05) is 0 Å². The van der Waals surface area contributed by atoms with E-state index in [0.717, 1.165) is 5.76 Å². The van der Waals surface area contributed by atoms with Gasteiger partial charge in [0, 0.05) is 6.04 Å². The first kappa shape index (κ1) is 6.46. The topological polar surface area (TPSA) is 37.5 Å². The number of nitrogens with one attached hydrogen (secondary N) is 1. The zero-order chi connectivity index (χ0) is 7.52. The second-order valence-corrected chi connectivity index (χ2v) is 2.68. The maximum Gasteiger partial charge on any atom is 0.146 e. The summed E-state index contributed by atoms with van der Waals surface area (Å²) >= 11 is 0. The van der Waals surface area contributed by atoms with Crippen LogP contribution in [0.15, 0.2) is 27.9 Å². The summed E-state index contributed by atoms with van der Waals surface area (Å²) in [5.41, 5.74) is 3.00. The van der Waals surface area contributed by atoms with Gasteiger partial charge in [-0.15, -0.1) is 0 Å². The van der Waals surface area contributed by atoms with Crippen molar-refractivity contribution in [3.63, 3.8) is 0 Å². The first-order valence-electron chi connectivity index (χ1n) is 3.77. The van der Waals surface area contributed by atoms with Gasteiger partial charge >= 0.3 is 0 Å². The summed E-state index contributed by atoms with van der Waals surface area (Å²) in [6.07, 6.45) is 5.82. The van der Waals surface area contributed by atoms with Crippen molar-refractivity contribution >= 4 is 6.21 Å². The Labute approximate surface area is 65.1 Å². The molecule has 11 heavy (non-hydrogen) atoms. The van der Waals surface area contributed by atoms with Crippen molar-refractivity contribution < 1.29 is 4.42 Å². The molecule has 1 aliphatic rings. The molecule has 0 atom stereocenters. The molecule has 0 aromatic carbocycles. The molecule has 2 rings (SSSR count). The Kier molecular flexibility index (Phi) is 1.63. The molecule has 1 aliphatic carbocycles. The number of hydrazone groups is 1. The lowest BCUT2D eigenvalue weighted by atomic mass is 10.5. The molecule has 1 saturated carbocycles. The van der Waals surface area contributed by atoms with Crippen molar-refractivity contribution in [1.82, 2.24) is 5.43 Å². The van der Waals surface area contributed by atoms with E-state index in [1.807, 2.05) is 12.1 Å². The van der Waals surface area contributed by atoms with Crippen LogP contribution in [0, 0.1) is 0 Å². The number of hydrogen-bond donors (Lipinski definition) is 1. The van der Waals surface area contributed by atoms with Crippen LogP contribution in [0.2, 0.25) is 0 Å². The molecule has 0 radical (unpaired) electrons. The molecular formula is C8H10N2O. The van der Waals surface area contributed by atoms with E-state index in [0.29, 0.717) is 6.04 Å². The average molecular weight is 150 g/mol. The first-order chi connectivity index (χ1) is 5.45. The molecule has 58 valence electrons. The van der Waals surface area contributed by atoms with Gasteiger partial charge in [-0.2, -0.15) is 5.10 Å². The SMILES string of the molecule is C(=N\NC1CC1)/c1ccco1. The largest absolute Gasteiger partial charge is 0.463 e. The Bertz CT molecular complexity index is 237. The predicted octanol–water partition coefficient (Wildman–Crippen LogP) is 1.37. The lowest BCUT2D eigenvalue weighted by Crippen LogP contribution is -2.07. The van der Waals surface area contributed by atoms with Gasteiger partial charge in [0.05, 0.1) is 12.5 Å². The normalized spacial score (nSPS) is 17.5. The fraction of sp³-hybridized carbons (Fsp3) is 0.375. The van der Waals surface area contributed by atoms with Crippen LogP contribution in [0.4, 0.5) is 0 Å². The zero-order valence-electron chi connectivity index (χ0n) is 6.16. The van der Waals surface area contributed by atoms with Gasteiger partial charge in [0.25, 0.3) is 0 Å². The van der Waals surface area contributed by atoms with E-state index < -0.39 is 0 Å². The summed E-state index contributed by atoms with van der Waals surface area (Å²) in [6.45, 7) is 0. The Hall–Kier alpha value is -1.25. The van der Waals surface area contributed by atoms with E-state index >= 15 is 0 Å². The zero-order valence-corrected chi connectivity index (χ0v) is 6.16. The van der Waals surface area contributed by atoms with Crippen LogP contribution < -0.4 is 5.43 Å². The molecule has 1 heterocycles. The fourth-order valence-corrected chi connectivity index (χ4v) is 0.783. The minimum absolute atomic E-state index is 0.612. The second kappa shape index (κ2) is 2.78. The molecule has 0 spiro atoms. The van der Waals surface area contributed by atoms with E-state index in [9.17, 15) is 0 Å². The third-order valence-corrected chi connectivity index (χ3v) is 1.57. The smallest absolute Gasteiger partial charge is 0.146 e. The molecule has 0 bridgehead atoms. The molecule has 1 aromatic heterocycles. The van der Waals surface area contributed by atoms with Crippen molar-refractivity contribution in [3.05, 3.63) is 24.2 Å². The fourth-order valence-electron chi connectivity index (χ4n) is 0.783. The van der Waals surface area contributed by atoms with Crippen LogP contribution >= 0.6 is 0 Å². The number of hydrogen-bond acceptors (Lipinski definition) is 3. The molecule has 0 unspecified atom stereocenters. The highest BCUT2D eigenvalue weighted by Gasteiger charge is 2.19. The van der Waals surface area contributed by atoms with Gasteiger partial charge in [-0.05, 0) is 25.0 Å². The van der Waals surface area contributed by atoms with E-state index in [-0.39, 0.29) is 0 Å². The van der Waals surface area contributed by atoms with Gasteiger partial charge < -0.3 is 9.84 Å². The molecule has 3 heteroatoms. The maximum atomic E-state index is 5.05. The Balaban J connectivity index is 1.83. The van der Waals surface area contributed by atoms with Crippen LogP contribution in [0.1, 0.15) is 18.6 Å². The van der Waals surface area contributed by atoms with E-state index in [1.54, 1.807) is 12.5 Å². The van der Waals surface area contributed by atoms with Crippen molar-refractivity contribution in [2.24, 2.45) is 5.10 Å². The summed E-state index contributed by atoms with van der Waals surface area (Å²) in [7, 11) is 0. The van der Waals surface area contributed by atoms with E-state index in [2.05, 4.69) is 10.5 Å². The van der Waals surface area contributed by atoms with Crippen molar-refractivity contribution in [3.8, 4) is 0 Å². The quantitative estimate of drug-likeness (QED) is 0.522. The predicted molar refractivity (Wildman–Crippen MR) is 42.5 cm³/mol. The third-order valence-electron chi connectivity index (χ3n) is 1.57. The van der Waals surface area contributed by atoms with Crippen LogP contribution in [-0.2, 0) is 0 Å². The van der Waals surface area contributed by atoms with Crippen LogP contribution in [0.3, 0.4) is 0 Å². The Morgan fingerprint density at radius 1 is 1.64 bits per heavy atom. The highest BCUT2D eigenvalue weighted by Crippen LogP contribution is 2.18. The van der Waals surface area contributed by atoms with E-state index in [1.165, 1.54) is 12.8 Å². The highest BCUT2D eigenvalue weighted by molar-refractivity contribution is 5.75. The van der Waals surface area contributed by atoms with Gasteiger partial charge in [-0.1, -0.05) is 0 Å². The summed E-state index contributed by atoms with van der Waals surface area (Å²) < 4.78 is 5.05. The number of furan rings is 1. The Morgan fingerprint density at radius 3 is 3.18 bits per heavy atom. The third kappa shape index (κ3) is 1.83. The van der Waals surface area contributed by atoms with Gasteiger partial charge in [0.2, 0.25) is 0 Å².